The van der Waals surface area contributed by atoms with Gasteiger partial charge in [0.1, 0.15) is 11.6 Å². The molecule has 1 aromatic carbocycles. The van der Waals surface area contributed by atoms with Gasteiger partial charge in [0.05, 0.1) is 6.04 Å². The van der Waals surface area contributed by atoms with Crippen molar-refractivity contribution in [1.29, 1.82) is 0 Å². The quantitative estimate of drug-likeness (QED) is 0.719. The minimum absolute atomic E-state index is 0.0294. The highest BCUT2D eigenvalue weighted by Crippen LogP contribution is 2.14. The smallest absolute Gasteiger partial charge is 0.237 e. The molecular formula is C15H22F2N2O2. The lowest BCUT2D eigenvalue weighted by molar-refractivity contribution is -0.123. The van der Waals surface area contributed by atoms with Crippen molar-refractivity contribution in [2.45, 2.75) is 38.3 Å². The fraction of sp³-hybridized carbons (Fsp3) is 0.533. The molecule has 0 aliphatic carbocycles. The van der Waals surface area contributed by atoms with Gasteiger partial charge in [-0.1, -0.05) is 6.07 Å². The van der Waals surface area contributed by atoms with Gasteiger partial charge in [-0.05, 0) is 38.3 Å². The number of amides is 1. The van der Waals surface area contributed by atoms with Gasteiger partial charge in [-0.2, -0.15) is 0 Å². The zero-order chi connectivity index (χ0) is 15.8. The third-order valence-corrected chi connectivity index (χ3v) is 3.16. The van der Waals surface area contributed by atoms with Crippen LogP contribution in [0.2, 0.25) is 0 Å². The van der Waals surface area contributed by atoms with Crippen LogP contribution in [0.5, 0.6) is 0 Å². The van der Waals surface area contributed by atoms with Gasteiger partial charge >= 0.3 is 0 Å². The summed E-state index contributed by atoms with van der Waals surface area (Å²) in [5.74, 6) is -1.55. The summed E-state index contributed by atoms with van der Waals surface area (Å²) in [4.78, 5) is 11.8. The number of methoxy groups -OCH3 is 1. The minimum atomic E-state index is -0.645. The van der Waals surface area contributed by atoms with Crippen molar-refractivity contribution in [3.8, 4) is 0 Å². The number of halogens is 2. The number of carbonyl (C=O) groups is 1. The highest BCUT2D eigenvalue weighted by molar-refractivity contribution is 5.81. The molecule has 21 heavy (non-hydrogen) atoms. The molecule has 0 heterocycles. The molecule has 4 nitrogen and oxygen atoms in total. The van der Waals surface area contributed by atoms with Crippen molar-refractivity contribution >= 4 is 5.91 Å². The van der Waals surface area contributed by atoms with Gasteiger partial charge in [-0.15, -0.1) is 0 Å². The van der Waals surface area contributed by atoms with Crippen molar-refractivity contribution < 1.29 is 18.3 Å². The highest BCUT2D eigenvalue weighted by Gasteiger charge is 2.18. The molecule has 0 saturated heterocycles. The van der Waals surface area contributed by atoms with Crippen LogP contribution in [0.4, 0.5) is 8.78 Å². The molecule has 1 aromatic rings. The summed E-state index contributed by atoms with van der Waals surface area (Å²) in [7, 11) is 1.58. The number of hydrogen-bond acceptors (Lipinski definition) is 3. The molecule has 0 aromatic heterocycles. The van der Waals surface area contributed by atoms with Crippen LogP contribution in [-0.4, -0.2) is 31.7 Å². The molecule has 3 N–H and O–H groups in total. The molecule has 2 atom stereocenters. The molecule has 1 amide bonds. The number of ether oxygens (including phenoxy) is 1. The van der Waals surface area contributed by atoms with E-state index in [2.05, 4.69) is 5.32 Å². The van der Waals surface area contributed by atoms with E-state index in [1.54, 1.807) is 14.0 Å². The van der Waals surface area contributed by atoms with E-state index in [0.717, 1.165) is 0 Å². The van der Waals surface area contributed by atoms with Crippen LogP contribution in [-0.2, 0) is 16.0 Å². The molecule has 0 aliphatic heterocycles. The summed E-state index contributed by atoms with van der Waals surface area (Å²) >= 11 is 0. The maximum atomic E-state index is 13.5. The van der Waals surface area contributed by atoms with Crippen molar-refractivity contribution in [1.82, 2.24) is 5.32 Å². The number of benzene rings is 1. The predicted octanol–water partition coefficient (Wildman–Crippen LogP) is 1.77. The Labute approximate surface area is 123 Å². The molecule has 118 valence electrons. The SMILES string of the molecule is COCCCC(N)C(=O)NC(C)Cc1c(F)cccc1F. The van der Waals surface area contributed by atoms with Crippen molar-refractivity contribution in [2.75, 3.05) is 13.7 Å². The first-order chi connectivity index (χ1) is 9.95. The normalized spacial score (nSPS) is 13.8. The summed E-state index contributed by atoms with van der Waals surface area (Å²) < 4.78 is 31.9. The first kappa shape index (κ1) is 17.5. The van der Waals surface area contributed by atoms with E-state index >= 15 is 0 Å². The maximum Gasteiger partial charge on any atom is 0.237 e. The average Bonchev–Trinajstić information content (AvgIpc) is 2.43. The molecule has 0 saturated carbocycles. The van der Waals surface area contributed by atoms with Gasteiger partial charge in [0, 0.05) is 25.3 Å². The Bertz CT molecular complexity index is 449. The van der Waals surface area contributed by atoms with Crippen LogP contribution in [0.3, 0.4) is 0 Å². The largest absolute Gasteiger partial charge is 0.385 e. The van der Waals surface area contributed by atoms with Crippen LogP contribution in [0.25, 0.3) is 0 Å². The molecule has 0 aliphatic rings. The zero-order valence-corrected chi connectivity index (χ0v) is 12.4. The molecular weight excluding hydrogens is 278 g/mol. The Balaban J connectivity index is 2.49. The van der Waals surface area contributed by atoms with Gasteiger partial charge in [0.25, 0.3) is 0 Å². The first-order valence-corrected chi connectivity index (χ1v) is 6.93. The second kappa shape index (κ2) is 8.69. The van der Waals surface area contributed by atoms with E-state index in [-0.39, 0.29) is 17.9 Å². The Morgan fingerprint density at radius 3 is 2.57 bits per heavy atom. The number of carbonyl (C=O) groups excluding carboxylic acids is 1. The van der Waals surface area contributed by atoms with Crippen LogP contribution in [0.15, 0.2) is 18.2 Å². The van der Waals surface area contributed by atoms with E-state index in [0.29, 0.717) is 19.4 Å². The van der Waals surface area contributed by atoms with Gasteiger partial charge in [0.2, 0.25) is 5.91 Å². The lowest BCUT2D eigenvalue weighted by Gasteiger charge is -2.18. The molecule has 0 fully saturated rings. The van der Waals surface area contributed by atoms with Gasteiger partial charge in [-0.25, -0.2) is 8.78 Å². The Kier molecular flexibility index (Phi) is 7.25. The molecule has 2 unspecified atom stereocenters. The summed E-state index contributed by atoms with van der Waals surface area (Å²) in [6.07, 6.45) is 1.26. The van der Waals surface area contributed by atoms with E-state index in [9.17, 15) is 13.6 Å². The van der Waals surface area contributed by atoms with E-state index in [1.165, 1.54) is 18.2 Å². The molecule has 6 heteroatoms. The number of nitrogens with two attached hydrogens (primary N) is 1. The molecule has 1 rings (SSSR count). The minimum Gasteiger partial charge on any atom is -0.385 e. The first-order valence-electron chi connectivity index (χ1n) is 6.93. The van der Waals surface area contributed by atoms with Crippen molar-refractivity contribution in [3.05, 3.63) is 35.4 Å². The summed E-state index contributed by atoms with van der Waals surface area (Å²) in [5, 5.41) is 2.67. The molecule has 0 bridgehead atoms. The van der Waals surface area contributed by atoms with Crippen LogP contribution < -0.4 is 11.1 Å². The van der Waals surface area contributed by atoms with Gasteiger partial charge in [-0.3, -0.25) is 4.79 Å². The lowest BCUT2D eigenvalue weighted by Crippen LogP contribution is -2.45. The second-order valence-corrected chi connectivity index (χ2v) is 5.06. The number of hydrogen-bond donors (Lipinski definition) is 2. The third-order valence-electron chi connectivity index (χ3n) is 3.16. The van der Waals surface area contributed by atoms with Crippen molar-refractivity contribution in [3.63, 3.8) is 0 Å². The Morgan fingerprint density at radius 1 is 1.38 bits per heavy atom. The Hall–Kier alpha value is -1.53. The second-order valence-electron chi connectivity index (χ2n) is 5.06. The maximum absolute atomic E-state index is 13.5. The van der Waals surface area contributed by atoms with E-state index in [1.807, 2.05) is 0 Å². The predicted molar refractivity (Wildman–Crippen MR) is 76.8 cm³/mol. The van der Waals surface area contributed by atoms with Gasteiger partial charge in [0.15, 0.2) is 0 Å². The van der Waals surface area contributed by atoms with Crippen molar-refractivity contribution in [2.24, 2.45) is 5.73 Å². The fourth-order valence-electron chi connectivity index (χ4n) is 2.01. The fourth-order valence-corrected chi connectivity index (χ4v) is 2.01. The van der Waals surface area contributed by atoms with Crippen LogP contribution >= 0.6 is 0 Å². The number of nitrogens with one attached hydrogen (secondary N) is 1. The third kappa shape index (κ3) is 5.77. The zero-order valence-electron chi connectivity index (χ0n) is 12.4. The Morgan fingerprint density at radius 2 is 2.00 bits per heavy atom. The summed E-state index contributed by atoms with van der Waals surface area (Å²) in [6, 6.07) is 2.65. The monoisotopic (exact) mass is 300 g/mol. The van der Waals surface area contributed by atoms with E-state index in [4.69, 9.17) is 10.5 Å². The van der Waals surface area contributed by atoms with Crippen LogP contribution in [0.1, 0.15) is 25.3 Å². The standard InChI is InChI=1S/C15H22F2N2O2/c1-10(9-11-12(16)5-3-6-13(11)17)19-15(20)14(18)7-4-8-21-2/h3,5-6,10,14H,4,7-9,18H2,1-2H3,(H,19,20). The topological polar surface area (TPSA) is 64.3 Å². The van der Waals surface area contributed by atoms with Gasteiger partial charge < -0.3 is 15.8 Å². The summed E-state index contributed by atoms with van der Waals surface area (Å²) in [5.41, 5.74) is 5.71. The number of rotatable bonds is 8. The average molecular weight is 300 g/mol. The molecule has 0 spiro atoms. The van der Waals surface area contributed by atoms with Crippen LogP contribution in [0, 0.1) is 11.6 Å². The summed E-state index contributed by atoms with van der Waals surface area (Å²) in [6.45, 7) is 2.22. The molecule has 0 radical (unpaired) electrons. The van der Waals surface area contributed by atoms with E-state index < -0.39 is 23.7 Å². The lowest BCUT2D eigenvalue weighted by atomic mass is 10.0. The highest BCUT2D eigenvalue weighted by atomic mass is 19.1.